The van der Waals surface area contributed by atoms with Gasteiger partial charge in [-0.1, -0.05) is 23.2 Å². The monoisotopic (exact) mass is 334 g/mol. The molecule has 0 aromatic carbocycles. The zero-order valence-electron chi connectivity index (χ0n) is 11.1. The van der Waals surface area contributed by atoms with Crippen LogP contribution in [-0.2, 0) is 4.79 Å². The summed E-state index contributed by atoms with van der Waals surface area (Å²) in [7, 11) is 0. The van der Waals surface area contributed by atoms with Crippen LogP contribution >= 0.6 is 34.5 Å². The minimum atomic E-state index is -0.00359. The summed E-state index contributed by atoms with van der Waals surface area (Å²) in [4.78, 5) is 25.2. The standard InChI is InChI=1S/C13H16Cl2N2O2S/c1-8(18)16-9-2-4-17(5-3-9)7-11(19)10-6-12(14)20-13(10)15/h6,9H,2-5,7H2,1H3,(H,16,18). The number of piperidine rings is 1. The van der Waals surface area contributed by atoms with Gasteiger partial charge in [0.1, 0.15) is 4.34 Å². The van der Waals surface area contributed by atoms with Crippen molar-refractivity contribution in [2.75, 3.05) is 19.6 Å². The van der Waals surface area contributed by atoms with Gasteiger partial charge in [-0.2, -0.15) is 0 Å². The number of thiophene rings is 1. The highest BCUT2D eigenvalue weighted by atomic mass is 35.5. The Bertz CT molecular complexity index is 510. The summed E-state index contributed by atoms with van der Waals surface area (Å²) < 4.78 is 0.982. The van der Waals surface area contributed by atoms with Crippen LogP contribution in [0.1, 0.15) is 30.1 Å². The molecular formula is C13H16Cl2N2O2S. The number of ketones is 1. The Morgan fingerprint density at radius 2 is 2.05 bits per heavy atom. The lowest BCUT2D eigenvalue weighted by molar-refractivity contribution is -0.119. The molecule has 1 aliphatic rings. The molecule has 1 amide bonds. The Kier molecular flexibility index (Phi) is 5.43. The molecule has 0 saturated carbocycles. The number of hydrogen-bond acceptors (Lipinski definition) is 4. The van der Waals surface area contributed by atoms with Crippen LogP contribution in [0.25, 0.3) is 0 Å². The fourth-order valence-corrected chi connectivity index (χ4v) is 3.84. The van der Waals surface area contributed by atoms with E-state index in [1.807, 2.05) is 0 Å². The smallest absolute Gasteiger partial charge is 0.217 e. The molecule has 1 aliphatic heterocycles. The second kappa shape index (κ2) is 6.89. The van der Waals surface area contributed by atoms with Crippen molar-refractivity contribution in [1.29, 1.82) is 0 Å². The van der Waals surface area contributed by atoms with Crippen LogP contribution in [0.15, 0.2) is 6.07 Å². The summed E-state index contributed by atoms with van der Waals surface area (Å²) in [6.45, 7) is 3.47. The SMILES string of the molecule is CC(=O)NC1CCN(CC(=O)c2cc(Cl)sc2Cl)CC1. The van der Waals surface area contributed by atoms with Crippen molar-refractivity contribution in [2.24, 2.45) is 0 Å². The molecule has 0 radical (unpaired) electrons. The zero-order chi connectivity index (χ0) is 14.7. The maximum Gasteiger partial charge on any atom is 0.217 e. The first kappa shape index (κ1) is 15.8. The molecule has 4 nitrogen and oxygen atoms in total. The third kappa shape index (κ3) is 4.19. The molecular weight excluding hydrogens is 319 g/mol. The molecule has 1 N–H and O–H groups in total. The van der Waals surface area contributed by atoms with Crippen molar-refractivity contribution in [2.45, 2.75) is 25.8 Å². The van der Waals surface area contributed by atoms with Gasteiger partial charge in [0.25, 0.3) is 0 Å². The second-order valence-electron chi connectivity index (χ2n) is 4.91. The van der Waals surface area contributed by atoms with E-state index in [4.69, 9.17) is 23.2 Å². The number of nitrogens with zero attached hydrogens (tertiary/aromatic N) is 1. The van der Waals surface area contributed by atoms with Gasteiger partial charge in [0.05, 0.1) is 16.4 Å². The van der Waals surface area contributed by atoms with Crippen molar-refractivity contribution in [3.63, 3.8) is 0 Å². The molecule has 110 valence electrons. The van der Waals surface area contributed by atoms with Crippen LogP contribution in [0.3, 0.4) is 0 Å². The van der Waals surface area contributed by atoms with Crippen molar-refractivity contribution in [3.8, 4) is 0 Å². The summed E-state index contributed by atoms with van der Waals surface area (Å²) in [5.74, 6) is -0.00431. The normalized spacial score (nSPS) is 17.1. The number of halogens is 2. The predicted molar refractivity (Wildman–Crippen MR) is 81.9 cm³/mol. The maximum atomic E-state index is 12.2. The number of amides is 1. The van der Waals surface area contributed by atoms with Gasteiger partial charge < -0.3 is 5.32 Å². The number of Topliss-reactive ketones (excluding diaryl/α,β-unsaturated/α-hetero) is 1. The molecule has 0 unspecified atom stereocenters. The highest BCUT2D eigenvalue weighted by Crippen LogP contribution is 2.31. The van der Waals surface area contributed by atoms with Crippen LogP contribution in [0, 0.1) is 0 Å². The second-order valence-corrected chi connectivity index (χ2v) is 7.20. The molecule has 1 aromatic heterocycles. The average Bonchev–Trinajstić information content (AvgIpc) is 2.70. The quantitative estimate of drug-likeness (QED) is 0.861. The number of rotatable bonds is 4. The number of carbonyl (C=O) groups is 2. The maximum absolute atomic E-state index is 12.2. The van der Waals surface area contributed by atoms with E-state index >= 15 is 0 Å². The summed E-state index contributed by atoms with van der Waals surface area (Å²) in [5.41, 5.74) is 0.505. The molecule has 0 atom stereocenters. The van der Waals surface area contributed by atoms with Crippen LogP contribution in [-0.4, -0.2) is 42.3 Å². The van der Waals surface area contributed by atoms with Crippen molar-refractivity contribution in [3.05, 3.63) is 20.3 Å². The summed E-state index contributed by atoms with van der Waals surface area (Å²) >= 11 is 13.0. The predicted octanol–water partition coefficient (Wildman–Crippen LogP) is 2.84. The molecule has 0 spiro atoms. The Hall–Kier alpha value is -0.620. The molecule has 1 fully saturated rings. The van der Waals surface area contributed by atoms with E-state index in [1.165, 1.54) is 18.3 Å². The van der Waals surface area contributed by atoms with Gasteiger partial charge in [-0.15, -0.1) is 11.3 Å². The minimum absolute atomic E-state index is 0.000719. The van der Waals surface area contributed by atoms with Gasteiger partial charge in [0, 0.05) is 26.1 Å². The number of nitrogens with one attached hydrogen (secondary N) is 1. The Morgan fingerprint density at radius 1 is 1.40 bits per heavy atom. The first-order valence-electron chi connectivity index (χ1n) is 6.43. The van der Waals surface area contributed by atoms with Gasteiger partial charge in [-0.3, -0.25) is 14.5 Å². The molecule has 0 bridgehead atoms. The number of carbonyl (C=O) groups excluding carboxylic acids is 2. The summed E-state index contributed by atoms with van der Waals surface area (Å²) in [6, 6.07) is 1.85. The molecule has 20 heavy (non-hydrogen) atoms. The fourth-order valence-electron chi connectivity index (χ4n) is 2.34. The topological polar surface area (TPSA) is 49.4 Å². The van der Waals surface area contributed by atoms with Crippen molar-refractivity contribution >= 4 is 46.2 Å². The third-order valence-electron chi connectivity index (χ3n) is 3.32. The van der Waals surface area contributed by atoms with Crippen molar-refractivity contribution in [1.82, 2.24) is 10.2 Å². The lowest BCUT2D eigenvalue weighted by atomic mass is 10.0. The Labute approximate surface area is 132 Å². The zero-order valence-corrected chi connectivity index (χ0v) is 13.4. The van der Waals surface area contributed by atoms with Gasteiger partial charge >= 0.3 is 0 Å². The van der Waals surface area contributed by atoms with Gasteiger partial charge in [0.2, 0.25) is 5.91 Å². The molecule has 7 heteroatoms. The molecule has 1 saturated heterocycles. The molecule has 1 aromatic rings. The Morgan fingerprint density at radius 3 is 2.55 bits per heavy atom. The van der Waals surface area contributed by atoms with E-state index < -0.39 is 0 Å². The van der Waals surface area contributed by atoms with Gasteiger partial charge in [-0.05, 0) is 18.9 Å². The minimum Gasteiger partial charge on any atom is -0.354 e. The van der Waals surface area contributed by atoms with Gasteiger partial charge in [-0.25, -0.2) is 0 Å². The largest absolute Gasteiger partial charge is 0.354 e. The highest BCUT2D eigenvalue weighted by Gasteiger charge is 2.23. The number of likely N-dealkylation sites (tertiary alicyclic amines) is 1. The summed E-state index contributed by atoms with van der Waals surface area (Å²) in [6.07, 6.45) is 1.73. The fraction of sp³-hybridized carbons (Fsp3) is 0.538. The van der Waals surface area contributed by atoms with Crippen LogP contribution in [0.2, 0.25) is 8.67 Å². The van der Waals surface area contributed by atoms with Gasteiger partial charge in [0.15, 0.2) is 5.78 Å². The first-order valence-corrected chi connectivity index (χ1v) is 8.00. The van der Waals surface area contributed by atoms with E-state index in [9.17, 15) is 9.59 Å². The van der Waals surface area contributed by atoms with E-state index in [1.54, 1.807) is 6.07 Å². The third-order valence-corrected chi connectivity index (χ3v) is 4.81. The van der Waals surface area contributed by atoms with Crippen LogP contribution in [0.4, 0.5) is 0 Å². The van der Waals surface area contributed by atoms with Crippen LogP contribution in [0.5, 0.6) is 0 Å². The molecule has 2 heterocycles. The summed E-state index contributed by atoms with van der Waals surface area (Å²) in [5, 5.41) is 2.91. The Balaban J connectivity index is 1.85. The van der Waals surface area contributed by atoms with Crippen molar-refractivity contribution < 1.29 is 9.59 Å². The molecule has 2 rings (SSSR count). The first-order chi connectivity index (χ1) is 9.45. The van der Waals surface area contributed by atoms with E-state index in [0.717, 1.165) is 25.9 Å². The lowest BCUT2D eigenvalue weighted by Crippen LogP contribution is -2.45. The lowest BCUT2D eigenvalue weighted by Gasteiger charge is -2.31. The van der Waals surface area contributed by atoms with E-state index in [0.29, 0.717) is 20.8 Å². The highest BCUT2D eigenvalue weighted by molar-refractivity contribution is 7.20. The average molecular weight is 335 g/mol. The number of hydrogen-bond donors (Lipinski definition) is 1. The molecule has 0 aliphatic carbocycles. The van der Waals surface area contributed by atoms with E-state index in [2.05, 4.69) is 10.2 Å². The van der Waals surface area contributed by atoms with E-state index in [-0.39, 0.29) is 17.7 Å². The van der Waals surface area contributed by atoms with Crippen LogP contribution < -0.4 is 5.32 Å².